The van der Waals surface area contributed by atoms with E-state index >= 15 is 0 Å². The molecule has 0 saturated carbocycles. The molecule has 1 heterocycles. The van der Waals surface area contributed by atoms with E-state index in [9.17, 15) is 29.7 Å². The van der Waals surface area contributed by atoms with Crippen LogP contribution in [0.1, 0.15) is 40.2 Å². The first-order chi connectivity index (χ1) is 17.1. The van der Waals surface area contributed by atoms with Crippen molar-refractivity contribution in [1.29, 1.82) is 0 Å². The molecule has 1 aliphatic heterocycles. The van der Waals surface area contributed by atoms with Crippen molar-refractivity contribution in [3.63, 3.8) is 0 Å². The Balaban J connectivity index is 0.00000291. The van der Waals surface area contributed by atoms with Crippen LogP contribution in [0, 0.1) is 0 Å². The molecule has 1 atom stereocenters. The fourth-order valence-electron chi connectivity index (χ4n) is 3.81. The second-order valence-corrected chi connectivity index (χ2v) is 8.51. The Kier molecular flexibility index (Phi) is 17.3. The van der Waals surface area contributed by atoms with Crippen molar-refractivity contribution < 1.29 is 29.7 Å². The van der Waals surface area contributed by atoms with E-state index in [1.807, 2.05) is 52.0 Å². The SMILES string of the molecule is CC.CC.CC(=S)Nc1ccc(CC2CN(CC(=O)O)CCN(CC(=O)O)CCN2CC(=O)O)cc1. The molecule has 2 rings (SSSR count). The summed E-state index contributed by atoms with van der Waals surface area (Å²) in [6, 6.07) is 7.41. The van der Waals surface area contributed by atoms with E-state index in [0.717, 1.165) is 11.3 Å². The van der Waals surface area contributed by atoms with Crippen molar-refractivity contribution in [2.75, 3.05) is 57.7 Å². The fraction of sp³-hybridized carbons (Fsp3) is 0.600. The highest BCUT2D eigenvalue weighted by molar-refractivity contribution is 7.80. The molecule has 1 saturated heterocycles. The zero-order valence-corrected chi connectivity index (χ0v) is 22.9. The van der Waals surface area contributed by atoms with Gasteiger partial charge < -0.3 is 20.6 Å². The number of aliphatic carboxylic acids is 3. The standard InChI is InChI=1S/C21H30N4O6S.2C2H6/c1-15(32)22-17-4-2-16(3-5-17)10-18-11-24(13-20(28)29)7-6-23(12-19(26)27)8-9-25(18)14-21(30)31;2*1-2/h2-5,18H,6-14H2,1H3,(H,22,32)(H,26,27)(H,28,29)(H,30,31);2*1-2H3. The lowest BCUT2D eigenvalue weighted by atomic mass is 10.0. The molecule has 0 aromatic heterocycles. The molecule has 1 aromatic carbocycles. The zero-order valence-electron chi connectivity index (χ0n) is 22.1. The largest absolute Gasteiger partial charge is 0.480 e. The van der Waals surface area contributed by atoms with Crippen LogP contribution >= 0.6 is 12.2 Å². The molecular formula is C25H42N4O6S. The van der Waals surface area contributed by atoms with Crippen LogP contribution in [0.5, 0.6) is 0 Å². The average Bonchev–Trinajstić information content (AvgIpc) is 2.88. The van der Waals surface area contributed by atoms with Crippen LogP contribution in [-0.2, 0) is 20.8 Å². The smallest absolute Gasteiger partial charge is 0.317 e. The van der Waals surface area contributed by atoms with Crippen LogP contribution in [0.3, 0.4) is 0 Å². The Morgan fingerprint density at radius 1 is 0.833 bits per heavy atom. The minimum Gasteiger partial charge on any atom is -0.480 e. The summed E-state index contributed by atoms with van der Waals surface area (Å²) in [5.41, 5.74) is 1.84. The molecule has 4 N–H and O–H groups in total. The van der Waals surface area contributed by atoms with Gasteiger partial charge in [0.2, 0.25) is 0 Å². The van der Waals surface area contributed by atoms with Crippen LogP contribution in [0.15, 0.2) is 24.3 Å². The number of hydrogen-bond donors (Lipinski definition) is 4. The van der Waals surface area contributed by atoms with E-state index in [4.69, 9.17) is 12.2 Å². The fourth-order valence-corrected chi connectivity index (χ4v) is 3.93. The van der Waals surface area contributed by atoms with Gasteiger partial charge in [0.05, 0.1) is 24.6 Å². The predicted molar refractivity (Wildman–Crippen MR) is 146 cm³/mol. The Hall–Kier alpha value is -2.60. The minimum atomic E-state index is -0.986. The summed E-state index contributed by atoms with van der Waals surface area (Å²) >= 11 is 5.05. The predicted octanol–water partition coefficient (Wildman–Crippen LogP) is 2.58. The maximum Gasteiger partial charge on any atom is 0.317 e. The maximum absolute atomic E-state index is 11.5. The second-order valence-electron chi connectivity index (χ2n) is 7.90. The highest BCUT2D eigenvalue weighted by atomic mass is 32.1. The van der Waals surface area contributed by atoms with Gasteiger partial charge in [-0.1, -0.05) is 52.0 Å². The number of benzene rings is 1. The van der Waals surface area contributed by atoms with Gasteiger partial charge in [0.1, 0.15) is 0 Å². The maximum atomic E-state index is 11.5. The molecule has 0 bridgehead atoms. The molecule has 204 valence electrons. The van der Waals surface area contributed by atoms with Gasteiger partial charge in [0, 0.05) is 44.5 Å². The van der Waals surface area contributed by atoms with Crippen LogP contribution < -0.4 is 5.32 Å². The van der Waals surface area contributed by atoms with Crippen LogP contribution in [0.2, 0.25) is 0 Å². The Bertz CT molecular complexity index is 821. The quantitative estimate of drug-likeness (QED) is 0.354. The molecule has 11 heteroatoms. The number of rotatable bonds is 9. The summed E-state index contributed by atoms with van der Waals surface area (Å²) in [6.07, 6.45) is 0.527. The van der Waals surface area contributed by atoms with Crippen LogP contribution in [-0.4, -0.2) is 111 Å². The molecule has 10 nitrogen and oxygen atoms in total. The van der Waals surface area contributed by atoms with Gasteiger partial charge in [0.15, 0.2) is 0 Å². The van der Waals surface area contributed by atoms with Gasteiger partial charge in [-0.25, -0.2) is 0 Å². The van der Waals surface area contributed by atoms with Gasteiger partial charge in [0.25, 0.3) is 0 Å². The van der Waals surface area contributed by atoms with Crippen LogP contribution in [0.4, 0.5) is 5.69 Å². The number of carbonyl (C=O) groups is 3. The lowest BCUT2D eigenvalue weighted by Crippen LogP contribution is -2.49. The summed E-state index contributed by atoms with van der Waals surface area (Å²) in [7, 11) is 0. The normalized spacial score (nSPS) is 17.1. The number of nitrogens with one attached hydrogen (secondary N) is 1. The van der Waals surface area contributed by atoms with E-state index in [2.05, 4.69) is 5.32 Å². The van der Waals surface area contributed by atoms with Crippen LogP contribution in [0.25, 0.3) is 0 Å². The number of anilines is 1. The lowest BCUT2D eigenvalue weighted by Gasteiger charge is -2.33. The number of carboxylic acids is 3. The highest BCUT2D eigenvalue weighted by Crippen LogP contribution is 2.16. The number of hydrogen-bond acceptors (Lipinski definition) is 7. The number of nitrogens with zero attached hydrogens (tertiary/aromatic N) is 3. The van der Waals surface area contributed by atoms with Gasteiger partial charge >= 0.3 is 17.9 Å². The van der Waals surface area contributed by atoms with E-state index in [1.54, 1.807) is 21.6 Å². The molecule has 1 fully saturated rings. The Morgan fingerprint density at radius 3 is 1.81 bits per heavy atom. The third-order valence-corrected chi connectivity index (χ3v) is 5.33. The van der Waals surface area contributed by atoms with Gasteiger partial charge in [-0.15, -0.1) is 0 Å². The summed E-state index contributed by atoms with van der Waals surface area (Å²) in [4.78, 5) is 40.0. The summed E-state index contributed by atoms with van der Waals surface area (Å²) in [6.45, 7) is 11.1. The summed E-state index contributed by atoms with van der Waals surface area (Å²) in [5, 5.41) is 31.0. The van der Waals surface area contributed by atoms with Crippen molar-refractivity contribution in [2.24, 2.45) is 0 Å². The molecule has 0 amide bonds. The van der Waals surface area contributed by atoms with E-state index < -0.39 is 17.9 Å². The van der Waals surface area contributed by atoms with Crippen molar-refractivity contribution >= 4 is 40.8 Å². The second kappa shape index (κ2) is 18.6. The lowest BCUT2D eigenvalue weighted by molar-refractivity contribution is -0.140. The molecule has 36 heavy (non-hydrogen) atoms. The van der Waals surface area contributed by atoms with E-state index in [-0.39, 0.29) is 25.7 Å². The van der Waals surface area contributed by atoms with Gasteiger partial charge in [-0.2, -0.15) is 0 Å². The van der Waals surface area contributed by atoms with Gasteiger partial charge in [-0.3, -0.25) is 29.1 Å². The van der Waals surface area contributed by atoms with E-state index in [1.165, 1.54) is 0 Å². The first-order valence-corrected chi connectivity index (χ1v) is 12.7. The first-order valence-electron chi connectivity index (χ1n) is 12.3. The van der Waals surface area contributed by atoms with Crippen molar-refractivity contribution in [3.8, 4) is 0 Å². The highest BCUT2D eigenvalue weighted by Gasteiger charge is 2.27. The van der Waals surface area contributed by atoms with Crippen molar-refractivity contribution in [1.82, 2.24) is 14.7 Å². The zero-order chi connectivity index (χ0) is 27.7. The Labute approximate surface area is 219 Å². The molecule has 1 aliphatic rings. The molecule has 0 aliphatic carbocycles. The molecule has 1 aromatic rings. The van der Waals surface area contributed by atoms with Crippen molar-refractivity contribution in [2.45, 2.75) is 47.1 Å². The van der Waals surface area contributed by atoms with Gasteiger partial charge in [-0.05, 0) is 31.0 Å². The van der Waals surface area contributed by atoms with Crippen molar-refractivity contribution in [3.05, 3.63) is 29.8 Å². The molecule has 0 radical (unpaired) electrons. The molecule has 0 spiro atoms. The molecular weight excluding hydrogens is 484 g/mol. The summed E-state index contributed by atoms with van der Waals surface area (Å²) in [5.74, 6) is -2.95. The number of thiocarbonyl (C=S) groups is 1. The topological polar surface area (TPSA) is 134 Å². The summed E-state index contributed by atoms with van der Waals surface area (Å²) < 4.78 is 0. The molecule has 1 unspecified atom stereocenters. The third-order valence-electron chi connectivity index (χ3n) is 5.22. The average molecular weight is 527 g/mol. The minimum absolute atomic E-state index is 0.180. The first kappa shape index (κ1) is 33.4. The monoisotopic (exact) mass is 526 g/mol. The number of carboxylic acid groups (broad SMARTS) is 3. The van der Waals surface area contributed by atoms with E-state index in [0.29, 0.717) is 44.1 Å². The third kappa shape index (κ3) is 14.1. The Morgan fingerprint density at radius 2 is 1.31 bits per heavy atom.